The minimum absolute atomic E-state index is 0.0479. The maximum atomic E-state index is 12.5. The number of benzene rings is 1. The van der Waals surface area contributed by atoms with E-state index in [4.69, 9.17) is 14.8 Å². The Morgan fingerprint density at radius 1 is 1.28 bits per heavy atom. The molecule has 2 N–H and O–H groups in total. The Balaban J connectivity index is 3.05. The van der Waals surface area contributed by atoms with Gasteiger partial charge >= 0.3 is 13.3 Å². The van der Waals surface area contributed by atoms with Gasteiger partial charge in [0, 0.05) is 5.46 Å². The van der Waals surface area contributed by atoms with Crippen LogP contribution in [0.15, 0.2) is 18.2 Å². The molecule has 0 saturated heterocycles. The molecule has 7 heteroatoms. The lowest BCUT2D eigenvalue weighted by atomic mass is 9.78. The second kappa shape index (κ2) is 5.62. The maximum absolute atomic E-state index is 12.5. The van der Waals surface area contributed by atoms with E-state index in [2.05, 4.69) is 0 Å². The Morgan fingerprint density at radius 2 is 1.89 bits per heavy atom. The van der Waals surface area contributed by atoms with E-state index < -0.39 is 18.9 Å². The number of hydrogen-bond donors (Lipinski definition) is 2. The van der Waals surface area contributed by atoms with E-state index in [1.807, 2.05) is 13.8 Å². The Hall–Kier alpha value is -1.21. The lowest BCUT2D eigenvalue weighted by Crippen LogP contribution is -2.33. The summed E-state index contributed by atoms with van der Waals surface area (Å²) in [4.78, 5) is 0. The van der Waals surface area contributed by atoms with Crippen molar-refractivity contribution in [1.29, 1.82) is 0 Å². The third kappa shape index (κ3) is 3.92. The van der Waals surface area contributed by atoms with Gasteiger partial charge in [-0.05, 0) is 24.1 Å². The van der Waals surface area contributed by atoms with Crippen LogP contribution in [0, 0.1) is 5.92 Å². The van der Waals surface area contributed by atoms with Crippen LogP contribution in [-0.4, -0.2) is 23.8 Å². The smallest absolute Gasteiger partial charge is 0.492 e. The average Bonchev–Trinajstić information content (AvgIpc) is 2.24. The van der Waals surface area contributed by atoms with E-state index in [0.717, 1.165) is 12.1 Å². The van der Waals surface area contributed by atoms with Crippen molar-refractivity contribution in [2.24, 2.45) is 5.92 Å². The van der Waals surface area contributed by atoms with Crippen molar-refractivity contribution in [1.82, 2.24) is 0 Å². The summed E-state index contributed by atoms with van der Waals surface area (Å²) < 4.78 is 42.7. The average molecular weight is 262 g/mol. The topological polar surface area (TPSA) is 49.7 Å². The third-order valence-electron chi connectivity index (χ3n) is 2.19. The molecule has 3 nitrogen and oxygen atoms in total. The molecule has 0 spiro atoms. The van der Waals surface area contributed by atoms with Crippen LogP contribution in [0.25, 0.3) is 0 Å². The van der Waals surface area contributed by atoms with E-state index >= 15 is 0 Å². The summed E-state index contributed by atoms with van der Waals surface area (Å²) in [5.74, 6) is 0.225. The zero-order chi connectivity index (χ0) is 13.9. The summed E-state index contributed by atoms with van der Waals surface area (Å²) in [5.41, 5.74) is -1.23. The molecule has 0 atom stereocenters. The molecule has 0 bridgehead atoms. The van der Waals surface area contributed by atoms with Crippen molar-refractivity contribution in [3.63, 3.8) is 0 Å². The normalized spacial score (nSPS) is 11.8. The van der Waals surface area contributed by atoms with Gasteiger partial charge < -0.3 is 14.8 Å². The molecule has 0 amide bonds. The first kappa shape index (κ1) is 14.9. The van der Waals surface area contributed by atoms with Gasteiger partial charge in [-0.3, -0.25) is 0 Å². The molecule has 1 aromatic rings. The molecule has 0 radical (unpaired) electrons. The maximum Gasteiger partial charge on any atom is 0.492 e. The number of hydrogen-bond acceptors (Lipinski definition) is 3. The van der Waals surface area contributed by atoms with Gasteiger partial charge in [-0.15, -0.1) is 0 Å². The number of halogens is 3. The zero-order valence-corrected chi connectivity index (χ0v) is 10.0. The van der Waals surface area contributed by atoms with Crippen molar-refractivity contribution < 1.29 is 28.0 Å². The van der Waals surface area contributed by atoms with Crippen LogP contribution in [0.5, 0.6) is 5.75 Å². The third-order valence-corrected chi connectivity index (χ3v) is 2.19. The van der Waals surface area contributed by atoms with Crippen LogP contribution in [0.3, 0.4) is 0 Å². The number of alkyl halides is 3. The van der Waals surface area contributed by atoms with Crippen LogP contribution < -0.4 is 10.2 Å². The first-order valence-electron chi connectivity index (χ1n) is 5.42. The highest BCUT2D eigenvalue weighted by molar-refractivity contribution is 6.59. The molecule has 0 saturated carbocycles. The van der Waals surface area contributed by atoms with Gasteiger partial charge in [0.15, 0.2) is 0 Å². The van der Waals surface area contributed by atoms with Crippen LogP contribution in [0.2, 0.25) is 0 Å². The van der Waals surface area contributed by atoms with Gasteiger partial charge in [0.2, 0.25) is 0 Å². The van der Waals surface area contributed by atoms with Crippen molar-refractivity contribution >= 4 is 12.6 Å². The predicted octanol–water partition coefficient (Wildman–Crippen LogP) is 1.42. The Morgan fingerprint density at radius 3 is 2.33 bits per heavy atom. The molecule has 18 heavy (non-hydrogen) atoms. The fourth-order valence-corrected chi connectivity index (χ4v) is 1.31. The van der Waals surface area contributed by atoms with Gasteiger partial charge in [-0.2, -0.15) is 13.2 Å². The van der Waals surface area contributed by atoms with E-state index in [-0.39, 0.29) is 23.7 Å². The SMILES string of the molecule is CC(C)COc1ccc(C(F)(F)F)cc1B(O)O. The molecular formula is C11H14BF3O3. The highest BCUT2D eigenvalue weighted by Crippen LogP contribution is 2.29. The van der Waals surface area contributed by atoms with Crippen LogP contribution in [0.1, 0.15) is 19.4 Å². The summed E-state index contributed by atoms with van der Waals surface area (Å²) in [7, 11) is -2.01. The summed E-state index contributed by atoms with van der Waals surface area (Å²) in [5, 5.41) is 18.1. The highest BCUT2D eigenvalue weighted by Gasteiger charge is 2.32. The lowest BCUT2D eigenvalue weighted by Gasteiger charge is -2.15. The fraction of sp³-hybridized carbons (Fsp3) is 0.455. The first-order chi connectivity index (χ1) is 8.21. The molecular weight excluding hydrogens is 248 g/mol. The monoisotopic (exact) mass is 262 g/mol. The molecule has 100 valence electrons. The van der Waals surface area contributed by atoms with Crippen molar-refractivity contribution in [3.8, 4) is 5.75 Å². The molecule has 0 aliphatic rings. The minimum Gasteiger partial charge on any atom is -0.494 e. The highest BCUT2D eigenvalue weighted by atomic mass is 19.4. The summed E-state index contributed by atoms with van der Waals surface area (Å²) >= 11 is 0. The number of rotatable bonds is 4. The molecule has 1 rings (SSSR count). The zero-order valence-electron chi connectivity index (χ0n) is 10.0. The van der Waals surface area contributed by atoms with E-state index in [1.165, 1.54) is 0 Å². The fourth-order valence-electron chi connectivity index (χ4n) is 1.31. The van der Waals surface area contributed by atoms with Gasteiger partial charge in [0.25, 0.3) is 0 Å². The van der Waals surface area contributed by atoms with E-state index in [9.17, 15) is 13.2 Å². The Bertz CT molecular complexity index is 405. The molecule has 0 heterocycles. The van der Waals surface area contributed by atoms with Crippen LogP contribution in [-0.2, 0) is 6.18 Å². The van der Waals surface area contributed by atoms with Crippen LogP contribution >= 0.6 is 0 Å². The number of ether oxygens (including phenoxy) is 1. The van der Waals surface area contributed by atoms with E-state index in [0.29, 0.717) is 6.07 Å². The van der Waals surface area contributed by atoms with Gasteiger partial charge in [0.05, 0.1) is 12.2 Å². The standard InChI is InChI=1S/C11H14BF3O3/c1-7(2)6-18-10-4-3-8(11(13,14)15)5-9(10)12(16)17/h3-5,7,16-17H,6H2,1-2H3. The second-order valence-electron chi connectivity index (χ2n) is 4.33. The van der Waals surface area contributed by atoms with Crippen molar-refractivity contribution in [3.05, 3.63) is 23.8 Å². The first-order valence-corrected chi connectivity index (χ1v) is 5.42. The Labute approximate surface area is 103 Å². The largest absolute Gasteiger partial charge is 0.494 e. The van der Waals surface area contributed by atoms with Gasteiger partial charge in [-0.25, -0.2) is 0 Å². The summed E-state index contributed by atoms with van der Waals surface area (Å²) in [6.07, 6.45) is -4.53. The van der Waals surface area contributed by atoms with Crippen molar-refractivity contribution in [2.45, 2.75) is 20.0 Å². The quantitative estimate of drug-likeness (QED) is 0.807. The van der Waals surface area contributed by atoms with Gasteiger partial charge in [-0.1, -0.05) is 13.8 Å². The molecule has 0 aliphatic carbocycles. The lowest BCUT2D eigenvalue weighted by molar-refractivity contribution is -0.137. The van der Waals surface area contributed by atoms with Crippen molar-refractivity contribution in [2.75, 3.05) is 6.61 Å². The van der Waals surface area contributed by atoms with Gasteiger partial charge in [0.1, 0.15) is 5.75 Å². The molecule has 0 aromatic heterocycles. The summed E-state index contributed by atoms with van der Waals surface area (Å²) in [6, 6.07) is 2.63. The summed E-state index contributed by atoms with van der Waals surface area (Å²) in [6.45, 7) is 4.03. The van der Waals surface area contributed by atoms with E-state index in [1.54, 1.807) is 0 Å². The van der Waals surface area contributed by atoms with Crippen LogP contribution in [0.4, 0.5) is 13.2 Å². The molecule has 1 aromatic carbocycles. The molecule has 0 aliphatic heterocycles. The molecule has 0 fully saturated rings. The molecule has 0 unspecified atom stereocenters. The minimum atomic E-state index is -4.53. The second-order valence-corrected chi connectivity index (χ2v) is 4.33. The Kier molecular flexibility index (Phi) is 4.64. The predicted molar refractivity (Wildman–Crippen MR) is 61.6 cm³/mol.